The minimum absolute atomic E-state index is 0.273. The fraction of sp³-hybridized carbons (Fsp3) is 0.300. The minimum atomic E-state index is 0.273. The summed E-state index contributed by atoms with van der Waals surface area (Å²) >= 11 is 0. The average molecular weight is 296 g/mol. The van der Waals surface area contributed by atoms with Gasteiger partial charge >= 0.3 is 0 Å². The number of hydrogen-bond donors (Lipinski definition) is 1. The SMILES string of the molecule is C=C1C=Cc2ccc(O)c(C/C=C(\C)CCC=C(C)C)c2O1. The Labute approximate surface area is 133 Å². The summed E-state index contributed by atoms with van der Waals surface area (Å²) in [6.07, 6.45) is 11.0. The summed E-state index contributed by atoms with van der Waals surface area (Å²) in [7, 11) is 0. The highest BCUT2D eigenvalue weighted by Crippen LogP contribution is 2.37. The third-order valence-electron chi connectivity index (χ3n) is 3.69. The van der Waals surface area contributed by atoms with Gasteiger partial charge in [0.25, 0.3) is 0 Å². The zero-order valence-electron chi connectivity index (χ0n) is 13.6. The van der Waals surface area contributed by atoms with Gasteiger partial charge in [0, 0.05) is 11.1 Å². The van der Waals surface area contributed by atoms with Gasteiger partial charge in [-0.25, -0.2) is 0 Å². The molecule has 116 valence electrons. The van der Waals surface area contributed by atoms with Crippen molar-refractivity contribution < 1.29 is 9.84 Å². The maximum Gasteiger partial charge on any atom is 0.141 e. The zero-order valence-corrected chi connectivity index (χ0v) is 13.6. The van der Waals surface area contributed by atoms with Crippen LogP contribution in [-0.4, -0.2) is 5.11 Å². The molecule has 0 radical (unpaired) electrons. The van der Waals surface area contributed by atoms with Crippen LogP contribution in [-0.2, 0) is 6.42 Å². The van der Waals surface area contributed by atoms with E-state index in [9.17, 15) is 5.11 Å². The monoisotopic (exact) mass is 296 g/mol. The van der Waals surface area contributed by atoms with E-state index in [2.05, 4.69) is 39.5 Å². The quantitative estimate of drug-likeness (QED) is 0.722. The lowest BCUT2D eigenvalue weighted by Gasteiger charge is -2.18. The Kier molecular flexibility index (Phi) is 5.26. The van der Waals surface area contributed by atoms with Gasteiger partial charge in [0.15, 0.2) is 0 Å². The summed E-state index contributed by atoms with van der Waals surface area (Å²) in [4.78, 5) is 0. The predicted octanol–water partition coefficient (Wildman–Crippen LogP) is 5.55. The van der Waals surface area contributed by atoms with Crippen LogP contribution < -0.4 is 4.74 Å². The number of benzene rings is 1. The molecule has 0 amide bonds. The van der Waals surface area contributed by atoms with Crippen LogP contribution in [0, 0.1) is 0 Å². The second-order valence-electron chi connectivity index (χ2n) is 5.96. The van der Waals surface area contributed by atoms with Crippen molar-refractivity contribution in [1.29, 1.82) is 0 Å². The number of aromatic hydroxyl groups is 1. The number of rotatable bonds is 5. The van der Waals surface area contributed by atoms with Gasteiger partial charge < -0.3 is 9.84 Å². The van der Waals surface area contributed by atoms with Crippen molar-refractivity contribution in [2.24, 2.45) is 0 Å². The van der Waals surface area contributed by atoms with Crippen molar-refractivity contribution in [2.75, 3.05) is 0 Å². The van der Waals surface area contributed by atoms with E-state index in [1.165, 1.54) is 11.1 Å². The van der Waals surface area contributed by atoms with Crippen LogP contribution >= 0.6 is 0 Å². The second kappa shape index (κ2) is 7.17. The fourth-order valence-electron chi connectivity index (χ4n) is 2.40. The van der Waals surface area contributed by atoms with Crippen molar-refractivity contribution >= 4 is 6.08 Å². The Hall–Kier alpha value is -2.22. The third kappa shape index (κ3) is 4.14. The van der Waals surface area contributed by atoms with Crippen molar-refractivity contribution in [1.82, 2.24) is 0 Å². The molecule has 0 atom stereocenters. The van der Waals surface area contributed by atoms with Crippen LogP contribution in [0.5, 0.6) is 11.5 Å². The number of allylic oxidation sites excluding steroid dienone is 5. The Morgan fingerprint density at radius 2 is 1.95 bits per heavy atom. The van der Waals surface area contributed by atoms with Gasteiger partial charge in [0.1, 0.15) is 17.3 Å². The second-order valence-corrected chi connectivity index (χ2v) is 5.96. The van der Waals surface area contributed by atoms with E-state index < -0.39 is 0 Å². The first-order chi connectivity index (χ1) is 10.5. The normalized spacial score (nSPS) is 13.6. The lowest BCUT2D eigenvalue weighted by Crippen LogP contribution is -2.01. The molecule has 0 aliphatic carbocycles. The molecule has 22 heavy (non-hydrogen) atoms. The van der Waals surface area contributed by atoms with E-state index >= 15 is 0 Å². The van der Waals surface area contributed by atoms with E-state index in [4.69, 9.17) is 4.74 Å². The number of hydrogen-bond acceptors (Lipinski definition) is 2. The molecule has 1 aliphatic rings. The molecule has 2 heteroatoms. The first-order valence-electron chi connectivity index (χ1n) is 7.66. The highest BCUT2D eigenvalue weighted by molar-refractivity contribution is 5.67. The maximum atomic E-state index is 10.1. The zero-order chi connectivity index (χ0) is 16.1. The molecule has 0 aromatic heterocycles. The van der Waals surface area contributed by atoms with Crippen molar-refractivity contribution in [2.45, 2.75) is 40.0 Å². The summed E-state index contributed by atoms with van der Waals surface area (Å²) < 4.78 is 5.71. The molecule has 0 spiro atoms. The maximum absolute atomic E-state index is 10.1. The molecule has 1 N–H and O–H groups in total. The predicted molar refractivity (Wildman–Crippen MR) is 93.0 cm³/mol. The van der Waals surface area contributed by atoms with E-state index in [-0.39, 0.29) is 5.75 Å². The highest BCUT2D eigenvalue weighted by Gasteiger charge is 2.16. The van der Waals surface area contributed by atoms with E-state index in [0.29, 0.717) is 12.2 Å². The van der Waals surface area contributed by atoms with E-state index in [1.54, 1.807) is 6.07 Å². The number of phenols is 1. The van der Waals surface area contributed by atoms with Crippen molar-refractivity contribution in [3.8, 4) is 11.5 Å². The van der Waals surface area contributed by atoms with Crippen molar-refractivity contribution in [3.05, 3.63) is 65.0 Å². The molecule has 0 saturated carbocycles. The summed E-state index contributed by atoms with van der Waals surface area (Å²) in [5.41, 5.74) is 4.47. The summed E-state index contributed by atoms with van der Waals surface area (Å²) in [5.74, 6) is 1.60. The molecular weight excluding hydrogens is 272 g/mol. The van der Waals surface area contributed by atoms with Gasteiger partial charge in [-0.3, -0.25) is 0 Å². The Morgan fingerprint density at radius 1 is 1.18 bits per heavy atom. The Balaban J connectivity index is 2.15. The van der Waals surface area contributed by atoms with Crippen LogP contribution in [0.4, 0.5) is 0 Å². The van der Waals surface area contributed by atoms with Crippen LogP contribution in [0.2, 0.25) is 0 Å². The molecular formula is C20H24O2. The van der Waals surface area contributed by atoms with Crippen LogP contribution in [0.1, 0.15) is 44.7 Å². The minimum Gasteiger partial charge on any atom is -0.508 e. The van der Waals surface area contributed by atoms with Gasteiger partial charge in [-0.1, -0.05) is 29.9 Å². The number of phenolic OH excluding ortho intramolecular Hbond substituents is 1. The average Bonchev–Trinajstić information content (AvgIpc) is 2.45. The molecule has 0 saturated heterocycles. The molecule has 1 heterocycles. The van der Waals surface area contributed by atoms with Gasteiger partial charge in [-0.2, -0.15) is 0 Å². The lowest BCUT2D eigenvalue weighted by atomic mass is 10.0. The van der Waals surface area contributed by atoms with E-state index in [1.807, 2.05) is 18.2 Å². The summed E-state index contributed by atoms with van der Waals surface area (Å²) in [6, 6.07) is 3.59. The van der Waals surface area contributed by atoms with Gasteiger partial charge in [-0.05, 0) is 64.3 Å². The van der Waals surface area contributed by atoms with Gasteiger partial charge in [0.05, 0.1) is 0 Å². The molecule has 0 bridgehead atoms. The standard InChI is InChI=1S/C20H24O2/c1-14(2)6-5-7-15(3)8-12-18-19(21)13-11-17-10-9-16(4)22-20(17)18/h6,8-11,13,21H,4-5,7,12H2,1-3H3/b15-8+. The molecule has 2 rings (SSSR count). The molecule has 0 fully saturated rings. The van der Waals surface area contributed by atoms with Gasteiger partial charge in [0.2, 0.25) is 0 Å². The molecule has 1 aliphatic heterocycles. The number of ether oxygens (including phenoxy) is 1. The molecule has 1 aromatic carbocycles. The fourth-order valence-corrected chi connectivity index (χ4v) is 2.40. The summed E-state index contributed by atoms with van der Waals surface area (Å²) in [5, 5.41) is 10.1. The first kappa shape index (κ1) is 16.2. The first-order valence-corrected chi connectivity index (χ1v) is 7.66. The van der Waals surface area contributed by atoms with Crippen LogP contribution in [0.3, 0.4) is 0 Å². The molecule has 2 nitrogen and oxygen atoms in total. The van der Waals surface area contributed by atoms with E-state index in [0.717, 1.165) is 29.7 Å². The smallest absolute Gasteiger partial charge is 0.141 e. The van der Waals surface area contributed by atoms with Crippen LogP contribution in [0.25, 0.3) is 6.08 Å². The Bertz CT molecular complexity index is 657. The highest BCUT2D eigenvalue weighted by atomic mass is 16.5. The molecule has 0 unspecified atom stereocenters. The van der Waals surface area contributed by atoms with Crippen LogP contribution in [0.15, 0.2) is 53.8 Å². The topological polar surface area (TPSA) is 29.5 Å². The largest absolute Gasteiger partial charge is 0.508 e. The summed E-state index contributed by atoms with van der Waals surface area (Å²) in [6.45, 7) is 10.2. The number of fused-ring (bicyclic) bond motifs is 1. The molecule has 1 aromatic rings. The third-order valence-corrected chi connectivity index (χ3v) is 3.69. The Morgan fingerprint density at radius 3 is 2.68 bits per heavy atom. The van der Waals surface area contributed by atoms with Crippen molar-refractivity contribution in [3.63, 3.8) is 0 Å². The van der Waals surface area contributed by atoms with Gasteiger partial charge in [-0.15, -0.1) is 0 Å². The lowest BCUT2D eigenvalue weighted by molar-refractivity contribution is 0.423.